The first-order valence-electron chi connectivity index (χ1n) is 10.5. The molecule has 4 nitrogen and oxygen atoms in total. The Balaban J connectivity index is 1.58. The van der Waals surface area contributed by atoms with Crippen molar-refractivity contribution >= 4 is 11.8 Å². The van der Waals surface area contributed by atoms with Crippen molar-refractivity contribution in [3.63, 3.8) is 0 Å². The van der Waals surface area contributed by atoms with Gasteiger partial charge >= 0.3 is 0 Å². The quantitative estimate of drug-likeness (QED) is 0.820. The molecule has 28 heavy (non-hydrogen) atoms. The van der Waals surface area contributed by atoms with Gasteiger partial charge in [0.2, 0.25) is 5.91 Å². The van der Waals surface area contributed by atoms with Gasteiger partial charge in [-0.3, -0.25) is 9.59 Å². The molecule has 2 aliphatic rings. The summed E-state index contributed by atoms with van der Waals surface area (Å²) in [6.07, 6.45) is 7.51. The summed E-state index contributed by atoms with van der Waals surface area (Å²) in [5, 5.41) is 3.26. The van der Waals surface area contributed by atoms with Crippen LogP contribution in [0.5, 0.6) is 0 Å². The molecule has 2 aromatic rings. The SMILES string of the molecule is O=C(NC1CCCCCC1)C1Cc2ccccc2CN1C(=O)c1ccccc1. The predicted molar refractivity (Wildman–Crippen MR) is 110 cm³/mol. The van der Waals surface area contributed by atoms with Crippen LogP contribution in [0.2, 0.25) is 0 Å². The van der Waals surface area contributed by atoms with E-state index in [1.54, 1.807) is 4.90 Å². The normalized spacial score (nSPS) is 20.1. The van der Waals surface area contributed by atoms with Gasteiger partial charge in [-0.05, 0) is 36.1 Å². The number of rotatable bonds is 3. The molecule has 2 aromatic carbocycles. The highest BCUT2D eigenvalue weighted by molar-refractivity contribution is 5.98. The van der Waals surface area contributed by atoms with Crippen molar-refractivity contribution in [2.75, 3.05) is 0 Å². The average Bonchev–Trinajstić information content (AvgIpc) is 3.01. The Kier molecular flexibility index (Phi) is 5.75. The van der Waals surface area contributed by atoms with E-state index in [4.69, 9.17) is 0 Å². The first kappa shape index (κ1) is 18.7. The summed E-state index contributed by atoms with van der Waals surface area (Å²) < 4.78 is 0. The minimum absolute atomic E-state index is 0.00863. The van der Waals surface area contributed by atoms with E-state index in [-0.39, 0.29) is 17.9 Å². The average molecular weight is 377 g/mol. The van der Waals surface area contributed by atoms with Crippen LogP contribution in [-0.4, -0.2) is 28.8 Å². The smallest absolute Gasteiger partial charge is 0.254 e. The molecule has 4 rings (SSSR count). The highest BCUT2D eigenvalue weighted by atomic mass is 16.2. The third-order valence-electron chi connectivity index (χ3n) is 6.03. The zero-order chi connectivity index (χ0) is 19.3. The summed E-state index contributed by atoms with van der Waals surface area (Å²) in [5.74, 6) is -0.0817. The number of fused-ring (bicyclic) bond motifs is 1. The van der Waals surface area contributed by atoms with Gasteiger partial charge in [-0.2, -0.15) is 0 Å². The highest BCUT2D eigenvalue weighted by Gasteiger charge is 2.35. The number of hydrogen-bond acceptors (Lipinski definition) is 2. The molecule has 4 heteroatoms. The lowest BCUT2D eigenvalue weighted by molar-refractivity contribution is -0.127. The molecular formula is C24H28N2O2. The predicted octanol–water partition coefficient (Wildman–Crippen LogP) is 4.09. The lowest BCUT2D eigenvalue weighted by atomic mass is 9.92. The van der Waals surface area contributed by atoms with Crippen LogP contribution in [-0.2, 0) is 17.8 Å². The third-order valence-corrected chi connectivity index (χ3v) is 6.03. The van der Waals surface area contributed by atoms with Crippen LogP contribution in [0, 0.1) is 0 Å². The van der Waals surface area contributed by atoms with Crippen LogP contribution < -0.4 is 5.32 Å². The molecule has 2 amide bonds. The maximum absolute atomic E-state index is 13.2. The van der Waals surface area contributed by atoms with Crippen LogP contribution in [0.4, 0.5) is 0 Å². The number of carbonyl (C=O) groups is 2. The van der Waals surface area contributed by atoms with Gasteiger partial charge < -0.3 is 10.2 Å². The summed E-state index contributed by atoms with van der Waals surface area (Å²) in [6, 6.07) is 17.2. The summed E-state index contributed by atoms with van der Waals surface area (Å²) in [4.78, 5) is 28.2. The second kappa shape index (κ2) is 8.59. The van der Waals surface area contributed by atoms with Crippen LogP contribution in [0.15, 0.2) is 54.6 Å². The van der Waals surface area contributed by atoms with E-state index in [2.05, 4.69) is 17.4 Å². The Bertz CT molecular complexity index is 826. The molecule has 1 atom stereocenters. The van der Waals surface area contributed by atoms with E-state index in [1.807, 2.05) is 42.5 Å². The number of nitrogens with zero attached hydrogens (tertiary/aromatic N) is 1. The zero-order valence-corrected chi connectivity index (χ0v) is 16.3. The number of benzene rings is 2. The third kappa shape index (κ3) is 4.11. The molecule has 0 bridgehead atoms. The largest absolute Gasteiger partial charge is 0.352 e. The summed E-state index contributed by atoms with van der Waals surface area (Å²) in [5.41, 5.74) is 2.93. The monoisotopic (exact) mass is 376 g/mol. The van der Waals surface area contributed by atoms with Crippen molar-refractivity contribution in [2.24, 2.45) is 0 Å². The lowest BCUT2D eigenvalue weighted by Gasteiger charge is -2.37. The van der Waals surface area contributed by atoms with Gasteiger partial charge in [0.25, 0.3) is 5.91 Å². The Morgan fingerprint density at radius 3 is 2.18 bits per heavy atom. The molecular weight excluding hydrogens is 348 g/mol. The summed E-state index contributed by atoms with van der Waals surface area (Å²) in [7, 11) is 0. The van der Waals surface area contributed by atoms with Crippen molar-refractivity contribution in [2.45, 2.75) is 63.6 Å². The Morgan fingerprint density at radius 1 is 0.821 bits per heavy atom. The molecule has 1 saturated carbocycles. The molecule has 0 radical (unpaired) electrons. The van der Waals surface area contributed by atoms with Crippen molar-refractivity contribution in [1.82, 2.24) is 10.2 Å². The van der Waals surface area contributed by atoms with Crippen molar-refractivity contribution < 1.29 is 9.59 Å². The van der Waals surface area contributed by atoms with Gasteiger partial charge in [0.1, 0.15) is 6.04 Å². The summed E-state index contributed by atoms with van der Waals surface area (Å²) >= 11 is 0. The number of carbonyl (C=O) groups excluding carboxylic acids is 2. The van der Waals surface area contributed by atoms with Crippen LogP contribution in [0.3, 0.4) is 0 Å². The van der Waals surface area contributed by atoms with Gasteiger partial charge in [-0.1, -0.05) is 68.1 Å². The molecule has 146 valence electrons. The van der Waals surface area contributed by atoms with E-state index in [1.165, 1.54) is 31.2 Å². The van der Waals surface area contributed by atoms with Crippen LogP contribution in [0.1, 0.15) is 60.0 Å². The van der Waals surface area contributed by atoms with Crippen molar-refractivity contribution in [3.05, 3.63) is 71.3 Å². The molecule has 1 heterocycles. The molecule has 0 spiro atoms. The second-order valence-corrected chi connectivity index (χ2v) is 7.98. The molecule has 1 N–H and O–H groups in total. The van der Waals surface area contributed by atoms with Crippen molar-refractivity contribution in [1.29, 1.82) is 0 Å². The fourth-order valence-corrected chi connectivity index (χ4v) is 4.44. The maximum atomic E-state index is 13.2. The van der Waals surface area contributed by atoms with Crippen molar-refractivity contribution in [3.8, 4) is 0 Å². The fraction of sp³-hybridized carbons (Fsp3) is 0.417. The van der Waals surface area contributed by atoms with Gasteiger partial charge in [-0.25, -0.2) is 0 Å². The minimum atomic E-state index is -0.453. The Labute approximate surface area is 166 Å². The number of amides is 2. The van der Waals surface area contributed by atoms with Gasteiger partial charge in [0.05, 0.1) is 0 Å². The molecule has 1 aliphatic carbocycles. The Hall–Kier alpha value is -2.62. The minimum Gasteiger partial charge on any atom is -0.352 e. The van der Waals surface area contributed by atoms with E-state index < -0.39 is 6.04 Å². The van der Waals surface area contributed by atoms with Gasteiger partial charge in [-0.15, -0.1) is 0 Å². The fourth-order valence-electron chi connectivity index (χ4n) is 4.44. The van der Waals surface area contributed by atoms with Gasteiger partial charge in [0.15, 0.2) is 0 Å². The first-order chi connectivity index (χ1) is 13.7. The van der Waals surface area contributed by atoms with E-state index in [9.17, 15) is 9.59 Å². The number of hydrogen-bond donors (Lipinski definition) is 1. The van der Waals surface area contributed by atoms with E-state index >= 15 is 0 Å². The molecule has 0 saturated heterocycles. The standard InChI is InChI=1S/C24H28N2O2/c27-23(25-21-14-6-1-2-7-15-21)22-16-19-12-8-9-13-20(19)17-26(22)24(28)18-10-4-3-5-11-18/h3-5,8-13,21-22H,1-2,6-7,14-17H2,(H,25,27). The Morgan fingerprint density at radius 2 is 1.46 bits per heavy atom. The lowest BCUT2D eigenvalue weighted by Crippen LogP contribution is -2.54. The first-order valence-corrected chi connectivity index (χ1v) is 10.5. The van der Waals surface area contributed by atoms with E-state index in [0.29, 0.717) is 18.5 Å². The molecule has 1 aliphatic heterocycles. The molecule has 0 aromatic heterocycles. The van der Waals surface area contributed by atoms with Crippen LogP contribution in [0.25, 0.3) is 0 Å². The maximum Gasteiger partial charge on any atom is 0.254 e. The number of nitrogens with one attached hydrogen (secondary N) is 1. The molecule has 1 unspecified atom stereocenters. The highest BCUT2D eigenvalue weighted by Crippen LogP contribution is 2.26. The van der Waals surface area contributed by atoms with Crippen LogP contribution >= 0.6 is 0 Å². The summed E-state index contributed by atoms with van der Waals surface area (Å²) in [6.45, 7) is 0.479. The van der Waals surface area contributed by atoms with E-state index in [0.717, 1.165) is 18.4 Å². The molecule has 1 fully saturated rings. The zero-order valence-electron chi connectivity index (χ0n) is 16.3. The van der Waals surface area contributed by atoms with Gasteiger partial charge in [0, 0.05) is 24.6 Å². The second-order valence-electron chi connectivity index (χ2n) is 7.98. The topological polar surface area (TPSA) is 49.4 Å².